The lowest BCUT2D eigenvalue weighted by Crippen LogP contribution is -2.30. The second-order valence-corrected chi connectivity index (χ2v) is 17.2. The zero-order chi connectivity index (χ0) is 45.6. The minimum absolute atomic E-state index is 0.0488. The van der Waals surface area contributed by atoms with Gasteiger partial charge in [0, 0.05) is 45.1 Å². The van der Waals surface area contributed by atoms with Gasteiger partial charge >= 0.3 is 0 Å². The molecule has 1 aliphatic rings. The summed E-state index contributed by atoms with van der Waals surface area (Å²) in [7, 11) is 0. The van der Waals surface area contributed by atoms with Crippen molar-refractivity contribution in [2.75, 3.05) is 9.80 Å². The van der Waals surface area contributed by atoms with Crippen LogP contribution in [0, 0.1) is 13.8 Å². The van der Waals surface area contributed by atoms with Crippen molar-refractivity contribution in [2.24, 2.45) is 0 Å². The van der Waals surface area contributed by atoms with Crippen LogP contribution in [-0.2, 0) is 0 Å². The minimum Gasteiger partial charge on any atom is -0.436 e. The molecule has 1 atom stereocenters. The van der Waals surface area contributed by atoms with E-state index < -0.39 is 0 Å². The monoisotopic (exact) mass is 880 g/mol. The van der Waals surface area contributed by atoms with Crippen molar-refractivity contribution in [3.8, 4) is 34.2 Å². The Kier molecular flexibility index (Phi) is 10.3. The summed E-state index contributed by atoms with van der Waals surface area (Å²) in [4.78, 5) is 24.8. The molecule has 1 aliphatic carbocycles. The molecule has 8 aromatic carbocycles. The highest BCUT2D eigenvalue weighted by Gasteiger charge is 2.24. The van der Waals surface area contributed by atoms with Crippen LogP contribution in [0.15, 0.2) is 221 Å². The van der Waals surface area contributed by atoms with Gasteiger partial charge in [0.2, 0.25) is 11.8 Å². The highest BCUT2D eigenvalue weighted by molar-refractivity contribution is 5.89. The Hall–Kier alpha value is -8.88. The first kappa shape index (κ1) is 40.6. The third-order valence-electron chi connectivity index (χ3n) is 12.6. The van der Waals surface area contributed by atoms with Gasteiger partial charge in [-0.1, -0.05) is 91.0 Å². The third kappa shape index (κ3) is 7.77. The van der Waals surface area contributed by atoms with E-state index in [0.717, 1.165) is 113 Å². The number of aryl methyl sites for hydroxylation is 2. The van der Waals surface area contributed by atoms with E-state index in [4.69, 9.17) is 28.8 Å². The molecular weight excluding hydrogens is 837 g/mol. The number of benzene rings is 8. The SMILES string of the molecule is Cc1ccc2oc(-c3ccc(N(c4ccccc4)c4ccc(-c5nc6ccccc6nc5C5=CCC(N(c6ccccc6)c6ccc(-c7nc8cc(C)ccc8o7)cc6)C=C5)cc4)cc3)nc2c1. The predicted molar refractivity (Wildman–Crippen MR) is 276 cm³/mol. The third-order valence-corrected chi connectivity index (χ3v) is 12.6. The lowest BCUT2D eigenvalue weighted by Gasteiger charge is -2.33. The van der Waals surface area contributed by atoms with E-state index in [2.05, 4.69) is 175 Å². The smallest absolute Gasteiger partial charge is 0.227 e. The maximum Gasteiger partial charge on any atom is 0.227 e. The highest BCUT2D eigenvalue weighted by atomic mass is 16.4. The summed E-state index contributed by atoms with van der Waals surface area (Å²) >= 11 is 0. The summed E-state index contributed by atoms with van der Waals surface area (Å²) in [5.41, 5.74) is 18.1. The largest absolute Gasteiger partial charge is 0.436 e. The normalized spacial score (nSPS) is 13.6. The van der Waals surface area contributed by atoms with Gasteiger partial charge in [0.1, 0.15) is 11.0 Å². The molecule has 68 heavy (non-hydrogen) atoms. The molecule has 0 radical (unpaired) electrons. The fourth-order valence-corrected chi connectivity index (χ4v) is 9.13. The maximum absolute atomic E-state index is 6.15. The highest BCUT2D eigenvalue weighted by Crippen LogP contribution is 2.40. The van der Waals surface area contributed by atoms with Crippen LogP contribution < -0.4 is 9.80 Å². The number of anilines is 5. The molecule has 3 aromatic heterocycles. The van der Waals surface area contributed by atoms with Crippen LogP contribution in [0.3, 0.4) is 0 Å². The van der Waals surface area contributed by atoms with Crippen molar-refractivity contribution >= 4 is 67.2 Å². The van der Waals surface area contributed by atoms with Crippen LogP contribution in [-0.4, -0.2) is 26.0 Å². The number of oxazole rings is 2. The van der Waals surface area contributed by atoms with Gasteiger partial charge in [-0.15, -0.1) is 0 Å². The molecule has 8 nitrogen and oxygen atoms in total. The quantitative estimate of drug-likeness (QED) is 0.134. The molecule has 11 aromatic rings. The van der Waals surface area contributed by atoms with Gasteiger partial charge in [-0.3, -0.25) is 0 Å². The molecule has 0 saturated carbocycles. The Bertz CT molecular complexity index is 3670. The second kappa shape index (κ2) is 17.2. The maximum atomic E-state index is 6.15. The van der Waals surface area contributed by atoms with Crippen molar-refractivity contribution in [1.82, 2.24) is 19.9 Å². The number of hydrogen-bond acceptors (Lipinski definition) is 8. The first-order chi connectivity index (χ1) is 33.5. The van der Waals surface area contributed by atoms with E-state index in [9.17, 15) is 0 Å². The van der Waals surface area contributed by atoms with Crippen molar-refractivity contribution < 1.29 is 8.83 Å². The summed E-state index contributed by atoms with van der Waals surface area (Å²) in [5, 5.41) is 0. The van der Waals surface area contributed by atoms with E-state index in [1.807, 2.05) is 60.7 Å². The van der Waals surface area contributed by atoms with Gasteiger partial charge in [-0.05, 0) is 158 Å². The summed E-state index contributed by atoms with van der Waals surface area (Å²) < 4.78 is 12.3. The Morgan fingerprint density at radius 2 is 0.882 bits per heavy atom. The summed E-state index contributed by atoms with van der Waals surface area (Å²) in [6.07, 6.45) is 7.56. The van der Waals surface area contributed by atoms with Crippen molar-refractivity contribution in [3.63, 3.8) is 0 Å². The van der Waals surface area contributed by atoms with E-state index in [1.54, 1.807) is 0 Å². The van der Waals surface area contributed by atoms with Crippen molar-refractivity contribution in [1.29, 1.82) is 0 Å². The summed E-state index contributed by atoms with van der Waals surface area (Å²) in [6.45, 7) is 4.13. The Labute approximate surface area is 393 Å². The van der Waals surface area contributed by atoms with E-state index in [0.29, 0.717) is 11.8 Å². The average molecular weight is 881 g/mol. The Morgan fingerprint density at radius 3 is 1.41 bits per heavy atom. The first-order valence-electron chi connectivity index (χ1n) is 22.9. The van der Waals surface area contributed by atoms with Crippen molar-refractivity contribution in [2.45, 2.75) is 26.3 Å². The number of para-hydroxylation sites is 4. The average Bonchev–Trinajstić information content (AvgIpc) is 4.02. The molecule has 0 aliphatic heterocycles. The number of hydrogen-bond donors (Lipinski definition) is 0. The molecule has 0 N–H and O–H groups in total. The zero-order valence-corrected chi connectivity index (χ0v) is 37.5. The minimum atomic E-state index is 0.0488. The van der Waals surface area contributed by atoms with Gasteiger partial charge in [0.25, 0.3) is 0 Å². The molecule has 0 amide bonds. The fourth-order valence-electron chi connectivity index (χ4n) is 9.13. The molecule has 8 heteroatoms. The lowest BCUT2D eigenvalue weighted by atomic mass is 9.95. The van der Waals surface area contributed by atoms with Crippen LogP contribution in [0.25, 0.3) is 73.0 Å². The van der Waals surface area contributed by atoms with Gasteiger partial charge in [-0.25, -0.2) is 19.9 Å². The van der Waals surface area contributed by atoms with Crippen LogP contribution in [0.1, 0.15) is 23.2 Å². The van der Waals surface area contributed by atoms with E-state index in [1.165, 1.54) is 0 Å². The van der Waals surface area contributed by atoms with Crippen molar-refractivity contribution in [3.05, 3.63) is 229 Å². The molecule has 326 valence electrons. The topological polar surface area (TPSA) is 84.3 Å². The molecule has 12 rings (SSSR count). The van der Waals surface area contributed by atoms with Crippen LogP contribution in [0.4, 0.5) is 28.4 Å². The predicted octanol–water partition coefficient (Wildman–Crippen LogP) is 15.6. The van der Waals surface area contributed by atoms with Gasteiger partial charge in [-0.2, -0.15) is 0 Å². The van der Waals surface area contributed by atoms with Crippen LogP contribution >= 0.6 is 0 Å². The fraction of sp³-hybridized carbons (Fsp3) is 0.0667. The number of fused-ring (bicyclic) bond motifs is 3. The molecule has 0 fully saturated rings. The lowest BCUT2D eigenvalue weighted by molar-refractivity contribution is 0.619. The number of allylic oxidation sites excluding steroid dienone is 2. The molecule has 3 heterocycles. The Balaban J connectivity index is 0.852. The van der Waals surface area contributed by atoms with Gasteiger partial charge in [0.05, 0.1) is 28.5 Å². The molecule has 0 spiro atoms. The van der Waals surface area contributed by atoms with E-state index >= 15 is 0 Å². The zero-order valence-electron chi connectivity index (χ0n) is 37.5. The van der Waals surface area contributed by atoms with Crippen LogP contribution in [0.2, 0.25) is 0 Å². The summed E-state index contributed by atoms with van der Waals surface area (Å²) in [6, 6.07) is 66.8. The van der Waals surface area contributed by atoms with Gasteiger partial charge < -0.3 is 18.6 Å². The number of rotatable bonds is 10. The van der Waals surface area contributed by atoms with Crippen LogP contribution in [0.5, 0.6) is 0 Å². The number of nitrogens with zero attached hydrogens (tertiary/aromatic N) is 6. The second-order valence-electron chi connectivity index (χ2n) is 17.2. The molecule has 1 unspecified atom stereocenters. The first-order valence-corrected chi connectivity index (χ1v) is 22.9. The molecule has 0 bridgehead atoms. The number of aromatic nitrogens is 4. The standard InChI is InChI=1S/C60H44N6O2/c1-39-17-35-55-53(37-39)63-59(67-55)43-23-31-49(32-24-43)65(45-11-5-3-6-12-45)47-27-19-41(20-28-47)57-58(62-52-16-10-9-15-51(52)61-57)42-21-29-48(30-22-42)66(46-13-7-4-8-14-46)50-33-25-44(26-34-50)60-64-54-38-40(2)18-36-56(54)68-60/h3-29,31-38,48H,30H2,1-2H3. The Morgan fingerprint density at radius 1 is 0.426 bits per heavy atom. The van der Waals surface area contributed by atoms with E-state index in [-0.39, 0.29) is 6.04 Å². The summed E-state index contributed by atoms with van der Waals surface area (Å²) in [5.74, 6) is 1.22. The molecule has 0 saturated heterocycles. The van der Waals surface area contributed by atoms with Gasteiger partial charge in [0.15, 0.2) is 11.2 Å². The molecular formula is C60H44N6O2.